The van der Waals surface area contributed by atoms with Gasteiger partial charge in [-0.2, -0.15) is 0 Å². The number of thiazole rings is 1. The Morgan fingerprint density at radius 1 is 1.25 bits per heavy atom. The van der Waals surface area contributed by atoms with E-state index in [2.05, 4.69) is 4.98 Å². The number of nitrogens with zero attached hydrogens (tertiary/aromatic N) is 2. The SMILES string of the molecule is CC(C)(c1nccs1)N1C(=O)c2cccc(N)c2C1=O. The Hall–Kier alpha value is -2.21. The summed E-state index contributed by atoms with van der Waals surface area (Å²) < 4.78 is 0. The van der Waals surface area contributed by atoms with Gasteiger partial charge in [-0.15, -0.1) is 11.3 Å². The minimum Gasteiger partial charge on any atom is -0.398 e. The number of fused-ring (bicyclic) bond motifs is 1. The van der Waals surface area contributed by atoms with Crippen molar-refractivity contribution in [1.82, 2.24) is 9.88 Å². The molecule has 0 unspecified atom stereocenters. The highest BCUT2D eigenvalue weighted by molar-refractivity contribution is 7.09. The quantitative estimate of drug-likeness (QED) is 0.679. The van der Waals surface area contributed by atoms with E-state index in [-0.39, 0.29) is 11.8 Å². The molecule has 0 spiro atoms. The molecule has 0 radical (unpaired) electrons. The molecule has 1 aliphatic rings. The molecule has 1 aromatic carbocycles. The monoisotopic (exact) mass is 287 g/mol. The molecular formula is C14H13N3O2S. The molecule has 0 saturated carbocycles. The Balaban J connectivity index is 2.13. The number of carbonyl (C=O) groups excluding carboxylic acids is 2. The van der Waals surface area contributed by atoms with Gasteiger partial charge >= 0.3 is 0 Å². The smallest absolute Gasteiger partial charge is 0.264 e. The Bertz CT molecular complexity index is 707. The lowest BCUT2D eigenvalue weighted by molar-refractivity contribution is 0.0475. The number of amides is 2. The van der Waals surface area contributed by atoms with E-state index < -0.39 is 5.54 Å². The van der Waals surface area contributed by atoms with Crippen LogP contribution < -0.4 is 5.73 Å². The van der Waals surface area contributed by atoms with Crippen LogP contribution in [-0.4, -0.2) is 21.7 Å². The lowest BCUT2D eigenvalue weighted by Crippen LogP contribution is -2.45. The Labute approximate surface area is 120 Å². The molecule has 102 valence electrons. The molecule has 0 fully saturated rings. The van der Waals surface area contributed by atoms with Crippen molar-refractivity contribution in [2.75, 3.05) is 5.73 Å². The Morgan fingerprint density at radius 3 is 2.60 bits per heavy atom. The van der Waals surface area contributed by atoms with Crippen LogP contribution in [0.3, 0.4) is 0 Å². The number of nitrogen functional groups attached to an aromatic ring is 1. The summed E-state index contributed by atoms with van der Waals surface area (Å²) >= 11 is 1.42. The third-order valence-electron chi connectivity index (χ3n) is 3.46. The molecule has 3 rings (SSSR count). The number of hydrogen-bond donors (Lipinski definition) is 1. The van der Waals surface area contributed by atoms with E-state index in [0.29, 0.717) is 21.8 Å². The van der Waals surface area contributed by atoms with Gasteiger partial charge < -0.3 is 5.73 Å². The molecular weight excluding hydrogens is 274 g/mol. The molecule has 5 nitrogen and oxygen atoms in total. The molecule has 0 saturated heterocycles. The van der Waals surface area contributed by atoms with Crippen LogP contribution in [0.2, 0.25) is 0 Å². The fourth-order valence-corrected chi connectivity index (χ4v) is 3.19. The molecule has 2 N–H and O–H groups in total. The third kappa shape index (κ3) is 1.58. The van der Waals surface area contributed by atoms with Gasteiger partial charge in [-0.25, -0.2) is 4.98 Å². The normalized spacial score (nSPS) is 14.8. The number of anilines is 1. The number of rotatable bonds is 2. The van der Waals surface area contributed by atoms with Gasteiger partial charge in [0, 0.05) is 17.3 Å². The maximum atomic E-state index is 12.6. The van der Waals surface area contributed by atoms with E-state index in [4.69, 9.17) is 5.73 Å². The third-order valence-corrected chi connectivity index (χ3v) is 4.55. The minimum absolute atomic E-state index is 0.294. The summed E-state index contributed by atoms with van der Waals surface area (Å²) in [6.45, 7) is 3.62. The second-order valence-electron chi connectivity index (χ2n) is 5.11. The highest BCUT2D eigenvalue weighted by Crippen LogP contribution is 2.38. The molecule has 0 bridgehead atoms. The van der Waals surface area contributed by atoms with Gasteiger partial charge in [0.2, 0.25) is 0 Å². The fraction of sp³-hybridized carbons (Fsp3) is 0.214. The zero-order valence-corrected chi connectivity index (χ0v) is 11.9. The molecule has 0 aliphatic carbocycles. The molecule has 6 heteroatoms. The number of carbonyl (C=O) groups is 2. The van der Waals surface area contributed by atoms with Gasteiger partial charge in [-0.05, 0) is 26.0 Å². The molecule has 1 aromatic heterocycles. The van der Waals surface area contributed by atoms with Crippen molar-refractivity contribution >= 4 is 28.8 Å². The Kier molecular flexibility index (Phi) is 2.65. The summed E-state index contributed by atoms with van der Waals surface area (Å²) in [6, 6.07) is 4.94. The minimum atomic E-state index is -0.798. The number of benzene rings is 1. The molecule has 2 aromatic rings. The van der Waals surface area contributed by atoms with Crippen LogP contribution in [0.5, 0.6) is 0 Å². The van der Waals surface area contributed by atoms with Crippen molar-refractivity contribution in [2.45, 2.75) is 19.4 Å². The topological polar surface area (TPSA) is 76.3 Å². The Morgan fingerprint density at radius 2 is 2.00 bits per heavy atom. The van der Waals surface area contributed by atoms with Crippen molar-refractivity contribution in [2.24, 2.45) is 0 Å². The number of aromatic nitrogens is 1. The summed E-state index contributed by atoms with van der Waals surface area (Å²) in [5.41, 5.74) is 6.02. The van der Waals surface area contributed by atoms with Gasteiger partial charge in [0.25, 0.3) is 11.8 Å². The summed E-state index contributed by atoms with van der Waals surface area (Å²) in [5.74, 6) is -0.680. The second-order valence-corrected chi connectivity index (χ2v) is 6.01. The van der Waals surface area contributed by atoms with E-state index in [1.165, 1.54) is 16.2 Å². The highest BCUT2D eigenvalue weighted by atomic mass is 32.1. The molecule has 0 atom stereocenters. The van der Waals surface area contributed by atoms with Crippen molar-refractivity contribution in [3.63, 3.8) is 0 Å². The van der Waals surface area contributed by atoms with E-state index >= 15 is 0 Å². The second kappa shape index (κ2) is 4.14. The predicted molar refractivity (Wildman–Crippen MR) is 76.5 cm³/mol. The number of imide groups is 1. The molecule has 20 heavy (non-hydrogen) atoms. The van der Waals surface area contributed by atoms with Gasteiger partial charge in [-0.3, -0.25) is 14.5 Å². The first-order valence-electron chi connectivity index (χ1n) is 6.12. The first kappa shape index (κ1) is 12.8. The van der Waals surface area contributed by atoms with E-state index in [1.54, 1.807) is 24.4 Å². The van der Waals surface area contributed by atoms with Gasteiger partial charge in [-0.1, -0.05) is 6.07 Å². The zero-order chi connectivity index (χ0) is 14.5. The lowest BCUT2D eigenvalue weighted by atomic mass is 10.0. The van der Waals surface area contributed by atoms with E-state index in [9.17, 15) is 9.59 Å². The van der Waals surface area contributed by atoms with E-state index in [0.717, 1.165) is 0 Å². The first-order chi connectivity index (χ1) is 9.44. The lowest BCUT2D eigenvalue weighted by Gasteiger charge is -2.31. The summed E-state index contributed by atoms with van der Waals surface area (Å²) in [7, 11) is 0. The van der Waals surface area contributed by atoms with Crippen molar-refractivity contribution in [1.29, 1.82) is 0 Å². The van der Waals surface area contributed by atoms with Crippen molar-refractivity contribution < 1.29 is 9.59 Å². The molecule has 2 heterocycles. The van der Waals surface area contributed by atoms with Crippen LogP contribution in [0, 0.1) is 0 Å². The zero-order valence-electron chi connectivity index (χ0n) is 11.1. The number of nitrogens with two attached hydrogens (primary N) is 1. The van der Waals surface area contributed by atoms with Gasteiger partial charge in [0.05, 0.1) is 16.7 Å². The van der Waals surface area contributed by atoms with Gasteiger partial charge in [0.1, 0.15) is 5.01 Å². The average molecular weight is 287 g/mol. The fourth-order valence-electron chi connectivity index (χ4n) is 2.44. The number of hydrogen-bond acceptors (Lipinski definition) is 5. The standard InChI is InChI=1S/C14H13N3O2S/c1-14(2,13-16-6-7-20-13)17-11(18)8-4-3-5-9(15)10(8)12(17)19/h3-7H,15H2,1-2H3. The summed E-state index contributed by atoms with van der Waals surface area (Å²) in [4.78, 5) is 30.6. The van der Waals surface area contributed by atoms with Crippen LogP contribution in [0.1, 0.15) is 39.6 Å². The maximum absolute atomic E-state index is 12.6. The molecule has 2 amide bonds. The average Bonchev–Trinajstić information content (AvgIpc) is 2.99. The van der Waals surface area contributed by atoms with Crippen LogP contribution >= 0.6 is 11.3 Å². The van der Waals surface area contributed by atoms with Crippen molar-refractivity contribution in [3.8, 4) is 0 Å². The van der Waals surface area contributed by atoms with Crippen LogP contribution in [0.15, 0.2) is 29.8 Å². The van der Waals surface area contributed by atoms with Crippen molar-refractivity contribution in [3.05, 3.63) is 45.9 Å². The van der Waals surface area contributed by atoms with Crippen LogP contribution in [0.25, 0.3) is 0 Å². The van der Waals surface area contributed by atoms with E-state index in [1.807, 2.05) is 19.2 Å². The summed E-state index contributed by atoms with van der Waals surface area (Å²) in [6.07, 6.45) is 1.66. The first-order valence-corrected chi connectivity index (χ1v) is 7.00. The van der Waals surface area contributed by atoms with Gasteiger partial charge in [0.15, 0.2) is 0 Å². The highest BCUT2D eigenvalue weighted by Gasteiger charge is 2.46. The maximum Gasteiger partial charge on any atom is 0.264 e. The molecule has 1 aliphatic heterocycles. The predicted octanol–water partition coefficient (Wildman–Crippen LogP) is 2.26. The summed E-state index contributed by atoms with van der Waals surface area (Å²) in [5, 5.41) is 2.54. The van der Waals surface area contributed by atoms with Crippen LogP contribution in [-0.2, 0) is 5.54 Å². The van der Waals surface area contributed by atoms with Crippen LogP contribution in [0.4, 0.5) is 5.69 Å². The largest absolute Gasteiger partial charge is 0.398 e.